The van der Waals surface area contributed by atoms with Gasteiger partial charge in [0, 0.05) is 31.7 Å². The molecule has 1 N–H and O–H groups in total. The van der Waals surface area contributed by atoms with E-state index in [9.17, 15) is 24.0 Å². The number of carbonyl (C=O) groups is 5. The van der Waals surface area contributed by atoms with E-state index in [0.717, 1.165) is 17.5 Å². The van der Waals surface area contributed by atoms with Gasteiger partial charge in [-0.15, -0.1) is 17.0 Å². The van der Waals surface area contributed by atoms with Crippen LogP contribution in [-0.2, 0) is 32.1 Å². The second-order valence-electron chi connectivity index (χ2n) is 14.8. The molecule has 0 aliphatic carbocycles. The summed E-state index contributed by atoms with van der Waals surface area (Å²) in [5, 5.41) is 2.99. The molecule has 3 aromatic rings. The van der Waals surface area contributed by atoms with E-state index in [1.807, 2.05) is 65.6 Å². The number of nitrogens with one attached hydrogen (secondary N) is 1. The highest BCUT2D eigenvalue weighted by atomic mass is 79.9. The summed E-state index contributed by atoms with van der Waals surface area (Å²) >= 11 is 0. The van der Waals surface area contributed by atoms with Gasteiger partial charge in [-0.2, -0.15) is 0 Å². The van der Waals surface area contributed by atoms with E-state index in [1.54, 1.807) is 52.5 Å². The largest absolute Gasteiger partial charge is 0.422 e. The zero-order chi connectivity index (χ0) is 36.5. The summed E-state index contributed by atoms with van der Waals surface area (Å²) in [6.07, 6.45) is 1.60. The van der Waals surface area contributed by atoms with E-state index in [-0.39, 0.29) is 71.2 Å². The molecule has 1 aliphatic heterocycles. The van der Waals surface area contributed by atoms with Crippen molar-refractivity contribution >= 4 is 46.5 Å². The minimum absolute atomic E-state index is 0. The zero-order valence-electron chi connectivity index (χ0n) is 30.4. The van der Waals surface area contributed by atoms with Crippen LogP contribution in [0.2, 0.25) is 0 Å². The Hall–Kier alpha value is -4.35. The van der Waals surface area contributed by atoms with Crippen LogP contribution < -0.4 is 14.8 Å². The molecule has 274 valence electrons. The average Bonchev–Trinajstić information content (AvgIpc) is 3.56. The molecule has 1 fully saturated rings. The molecule has 1 saturated heterocycles. The van der Waals surface area contributed by atoms with E-state index in [2.05, 4.69) is 5.32 Å². The van der Waals surface area contributed by atoms with Crippen molar-refractivity contribution in [3.8, 4) is 11.5 Å². The van der Waals surface area contributed by atoms with Gasteiger partial charge in [-0.05, 0) is 83.7 Å². The second-order valence-corrected chi connectivity index (χ2v) is 14.8. The number of rotatable bonds is 13. The Morgan fingerprint density at radius 1 is 0.784 bits per heavy atom. The number of nitrogens with zero attached hydrogens (tertiary/aromatic N) is 2. The molecule has 11 heteroatoms. The Balaban J connectivity index is 0.00000702. The van der Waals surface area contributed by atoms with Crippen molar-refractivity contribution in [2.45, 2.75) is 73.4 Å². The number of benzene rings is 3. The highest BCUT2D eigenvalue weighted by Gasteiger charge is 2.34. The topological polar surface area (TPSA) is 122 Å². The van der Waals surface area contributed by atoms with Crippen molar-refractivity contribution in [3.05, 3.63) is 95.6 Å². The van der Waals surface area contributed by atoms with Crippen LogP contribution in [0, 0.1) is 10.8 Å². The van der Waals surface area contributed by atoms with Crippen molar-refractivity contribution in [2.75, 3.05) is 26.2 Å². The van der Waals surface area contributed by atoms with Crippen LogP contribution in [0.1, 0.15) is 75.9 Å². The summed E-state index contributed by atoms with van der Waals surface area (Å²) in [6, 6.07) is 23.1. The highest BCUT2D eigenvalue weighted by Crippen LogP contribution is 2.33. The lowest BCUT2D eigenvalue weighted by Gasteiger charge is -2.26. The molecule has 0 spiro atoms. The summed E-state index contributed by atoms with van der Waals surface area (Å²) < 4.78 is 11.2. The van der Waals surface area contributed by atoms with Crippen LogP contribution >= 0.6 is 17.0 Å². The molecule has 2 amide bonds. The minimum Gasteiger partial charge on any atom is -0.422 e. The molecule has 10 nitrogen and oxygen atoms in total. The van der Waals surface area contributed by atoms with Crippen molar-refractivity contribution in [2.24, 2.45) is 10.8 Å². The monoisotopic (exact) mass is 763 g/mol. The van der Waals surface area contributed by atoms with Gasteiger partial charge in [0.15, 0.2) is 17.3 Å². The first-order valence-corrected chi connectivity index (χ1v) is 17.1. The number of halogens is 1. The van der Waals surface area contributed by atoms with Crippen molar-refractivity contribution < 1.29 is 33.4 Å². The molecule has 0 aromatic heterocycles. The van der Waals surface area contributed by atoms with Gasteiger partial charge in [0.2, 0.25) is 11.8 Å². The quantitative estimate of drug-likeness (QED) is 0.124. The van der Waals surface area contributed by atoms with Gasteiger partial charge in [-0.25, -0.2) is 0 Å². The van der Waals surface area contributed by atoms with E-state index >= 15 is 0 Å². The molecule has 0 radical (unpaired) electrons. The van der Waals surface area contributed by atoms with Crippen LogP contribution in [0.4, 0.5) is 0 Å². The number of carbonyl (C=O) groups excluding carboxylic acids is 5. The number of hydrogen-bond donors (Lipinski definition) is 1. The third-order valence-corrected chi connectivity index (χ3v) is 8.31. The summed E-state index contributed by atoms with van der Waals surface area (Å²) in [6.45, 7) is 11.9. The lowest BCUT2D eigenvalue weighted by molar-refractivity contribution is -0.145. The average molecular weight is 765 g/mol. The van der Waals surface area contributed by atoms with E-state index in [1.165, 1.54) is 12.1 Å². The number of amides is 2. The molecule has 1 aliphatic rings. The van der Waals surface area contributed by atoms with Crippen LogP contribution in [0.3, 0.4) is 0 Å². The zero-order valence-corrected chi connectivity index (χ0v) is 32.1. The minimum atomic E-state index is -0.840. The van der Waals surface area contributed by atoms with Gasteiger partial charge in [0.1, 0.15) is 6.04 Å². The third kappa shape index (κ3) is 12.1. The van der Waals surface area contributed by atoms with Gasteiger partial charge in [-0.3, -0.25) is 28.9 Å². The standard InChI is InChI=1S/C40H49N3O7.BrH/c1-39(2,3)37(47)49-33-20-19-30(25-34(33)50-38(48)40(4,5)6)32(44)27-42(26-29-16-11-8-12-17-29)23-21-41-36(46)31-18-13-22-43(31)35(45)24-28-14-9-7-10-15-28;/h7-12,14-17,19-20,25,31H,13,18,21-24,26-27H2,1-6H3,(H,41,46);1H/t31-;/m0./s1. The van der Waals surface area contributed by atoms with Crippen molar-refractivity contribution in [3.63, 3.8) is 0 Å². The van der Waals surface area contributed by atoms with Crippen molar-refractivity contribution in [1.29, 1.82) is 0 Å². The lowest BCUT2D eigenvalue weighted by Crippen LogP contribution is -2.48. The van der Waals surface area contributed by atoms with Crippen LogP contribution in [-0.4, -0.2) is 71.6 Å². The third-order valence-electron chi connectivity index (χ3n) is 8.31. The normalized spacial score (nSPS) is 14.4. The molecule has 1 heterocycles. The molecule has 4 rings (SSSR count). The first kappa shape index (κ1) is 41.1. The van der Waals surface area contributed by atoms with Gasteiger partial charge in [0.25, 0.3) is 0 Å². The van der Waals surface area contributed by atoms with Crippen LogP contribution in [0.25, 0.3) is 0 Å². The van der Waals surface area contributed by atoms with E-state index in [0.29, 0.717) is 26.1 Å². The fourth-order valence-electron chi connectivity index (χ4n) is 5.37. The smallest absolute Gasteiger partial charge is 0.316 e. The van der Waals surface area contributed by atoms with Gasteiger partial charge < -0.3 is 19.7 Å². The fraction of sp³-hybridized carbons (Fsp3) is 0.425. The molecule has 0 unspecified atom stereocenters. The maximum absolute atomic E-state index is 13.7. The lowest BCUT2D eigenvalue weighted by atomic mass is 9.97. The van der Waals surface area contributed by atoms with Crippen LogP contribution in [0.15, 0.2) is 78.9 Å². The predicted molar refractivity (Wildman–Crippen MR) is 201 cm³/mol. The summed E-state index contributed by atoms with van der Waals surface area (Å²) in [4.78, 5) is 69.2. The van der Waals surface area contributed by atoms with Gasteiger partial charge >= 0.3 is 11.9 Å². The van der Waals surface area contributed by atoms with Crippen molar-refractivity contribution in [1.82, 2.24) is 15.1 Å². The molecule has 1 atom stereocenters. The molecular weight excluding hydrogens is 714 g/mol. The van der Waals surface area contributed by atoms with Gasteiger partial charge in [0.05, 0.1) is 23.8 Å². The van der Waals surface area contributed by atoms with Gasteiger partial charge in [-0.1, -0.05) is 60.7 Å². The Morgan fingerprint density at radius 3 is 1.94 bits per heavy atom. The number of ketones is 1. The molecular formula is C40H50BrN3O7. The first-order valence-electron chi connectivity index (χ1n) is 17.1. The number of ether oxygens (including phenoxy) is 2. The van der Waals surface area contributed by atoms with E-state index in [4.69, 9.17) is 9.47 Å². The number of esters is 2. The molecule has 0 bridgehead atoms. The maximum Gasteiger partial charge on any atom is 0.316 e. The number of likely N-dealkylation sites (tertiary alicyclic amines) is 1. The first-order chi connectivity index (χ1) is 23.6. The molecule has 0 saturated carbocycles. The summed E-state index contributed by atoms with van der Waals surface area (Å²) in [5.41, 5.74) is 0.528. The van der Waals surface area contributed by atoms with Crippen LogP contribution in [0.5, 0.6) is 11.5 Å². The summed E-state index contributed by atoms with van der Waals surface area (Å²) in [5.74, 6) is -1.55. The number of hydrogen-bond acceptors (Lipinski definition) is 8. The molecule has 3 aromatic carbocycles. The maximum atomic E-state index is 13.7. The fourth-order valence-corrected chi connectivity index (χ4v) is 5.37. The predicted octanol–water partition coefficient (Wildman–Crippen LogP) is 6.20. The summed E-state index contributed by atoms with van der Waals surface area (Å²) in [7, 11) is 0. The Kier molecular flexibility index (Phi) is 14.7. The highest BCUT2D eigenvalue weighted by molar-refractivity contribution is 8.93. The Labute approximate surface area is 311 Å². The number of Topliss-reactive ketones (excluding diaryl/α,β-unsaturated/α-hetero) is 1. The Morgan fingerprint density at radius 2 is 1.35 bits per heavy atom. The Bertz CT molecular complexity index is 1670. The second kappa shape index (κ2) is 18.2. The SMILES string of the molecule is Br.CC(C)(C)C(=O)Oc1ccc(C(=O)CN(CCNC(=O)[C@@H]2CCCN2C(=O)Cc2ccccc2)Cc2ccccc2)cc1OC(=O)C(C)(C)C. The molecule has 51 heavy (non-hydrogen) atoms. The van der Waals surface area contributed by atoms with E-state index < -0.39 is 28.8 Å².